The fourth-order valence-corrected chi connectivity index (χ4v) is 3.73. The molecule has 0 atom stereocenters. The Morgan fingerprint density at radius 3 is 2.38 bits per heavy atom. The molecule has 0 aliphatic carbocycles. The average Bonchev–Trinajstić information content (AvgIpc) is 3.17. The number of hydrogen-bond donors (Lipinski definition) is 1. The van der Waals surface area contributed by atoms with Gasteiger partial charge in [-0.1, -0.05) is 36.4 Å². The van der Waals surface area contributed by atoms with Crippen LogP contribution in [-0.2, 0) is 13.0 Å². The lowest BCUT2D eigenvalue weighted by Crippen LogP contribution is -2.22. The van der Waals surface area contributed by atoms with Crippen molar-refractivity contribution < 1.29 is 9.47 Å². The van der Waals surface area contributed by atoms with Gasteiger partial charge in [-0.2, -0.15) is 0 Å². The molecule has 4 heteroatoms. The molecule has 0 spiro atoms. The smallest absolute Gasteiger partial charge is 0.161 e. The highest BCUT2D eigenvalue weighted by Crippen LogP contribution is 2.36. The van der Waals surface area contributed by atoms with E-state index in [9.17, 15) is 0 Å². The number of aromatic nitrogens is 1. The number of benzene rings is 2. The van der Waals surface area contributed by atoms with Gasteiger partial charge in [0, 0.05) is 17.8 Å². The summed E-state index contributed by atoms with van der Waals surface area (Å²) in [5.74, 6) is 1.41. The van der Waals surface area contributed by atoms with Crippen molar-refractivity contribution in [3.05, 3.63) is 65.8 Å². The fraction of sp³-hybridized carbons (Fsp3) is 0.227. The van der Waals surface area contributed by atoms with Gasteiger partial charge in [0.05, 0.1) is 14.2 Å². The topological polar surface area (TPSA) is 47.2 Å². The molecule has 26 heavy (non-hydrogen) atoms. The Morgan fingerprint density at radius 2 is 1.65 bits per heavy atom. The second-order valence-corrected chi connectivity index (χ2v) is 6.46. The van der Waals surface area contributed by atoms with E-state index in [2.05, 4.69) is 22.8 Å². The van der Waals surface area contributed by atoms with Crippen molar-refractivity contribution in [2.75, 3.05) is 14.2 Å². The molecule has 0 saturated heterocycles. The van der Waals surface area contributed by atoms with Crippen LogP contribution in [0.2, 0.25) is 0 Å². The van der Waals surface area contributed by atoms with Crippen LogP contribution in [0.1, 0.15) is 12.1 Å². The fourth-order valence-electron chi connectivity index (χ4n) is 3.73. The maximum absolute atomic E-state index is 8.84. The Balaban J connectivity index is 1.99. The Kier molecular flexibility index (Phi) is 4.25. The summed E-state index contributed by atoms with van der Waals surface area (Å²) in [6.07, 6.45) is 2.11. The predicted molar refractivity (Wildman–Crippen MR) is 103 cm³/mol. The molecule has 0 amide bonds. The van der Waals surface area contributed by atoms with Gasteiger partial charge in [0.25, 0.3) is 0 Å². The first kappa shape index (κ1) is 16.5. The molecule has 1 N–H and O–H groups in total. The lowest BCUT2D eigenvalue weighted by atomic mass is 9.94. The minimum absolute atomic E-state index is 0.580. The highest BCUT2D eigenvalue weighted by molar-refractivity contribution is 5.84. The standard InChI is InChI=1S/C22H22N2O2/c1-25-19-11-10-16(13-20(19)26-2)18-14-17-9-6-12-24(17)22(23)21(18)15-7-4-3-5-8-15/h3-5,7-8,10-11,13-14,23H,6,9,12H2,1-2H3. The second-order valence-electron chi connectivity index (χ2n) is 6.46. The third-order valence-electron chi connectivity index (χ3n) is 5.01. The van der Waals surface area contributed by atoms with Gasteiger partial charge in [-0.15, -0.1) is 0 Å². The van der Waals surface area contributed by atoms with E-state index in [0.29, 0.717) is 17.0 Å². The minimum Gasteiger partial charge on any atom is -0.493 e. The Morgan fingerprint density at radius 1 is 0.885 bits per heavy atom. The van der Waals surface area contributed by atoms with E-state index < -0.39 is 0 Å². The van der Waals surface area contributed by atoms with Crippen LogP contribution in [0.15, 0.2) is 54.6 Å². The number of rotatable bonds is 4. The summed E-state index contributed by atoms with van der Waals surface area (Å²) in [6.45, 7) is 0.917. The highest BCUT2D eigenvalue weighted by atomic mass is 16.5. The maximum Gasteiger partial charge on any atom is 0.161 e. The van der Waals surface area contributed by atoms with Gasteiger partial charge < -0.3 is 14.0 Å². The number of methoxy groups -OCH3 is 2. The van der Waals surface area contributed by atoms with E-state index in [-0.39, 0.29) is 0 Å². The molecule has 0 bridgehead atoms. The largest absolute Gasteiger partial charge is 0.493 e. The van der Waals surface area contributed by atoms with Gasteiger partial charge >= 0.3 is 0 Å². The van der Waals surface area contributed by atoms with Crippen molar-refractivity contribution in [3.63, 3.8) is 0 Å². The van der Waals surface area contributed by atoms with Crippen LogP contribution >= 0.6 is 0 Å². The van der Waals surface area contributed by atoms with E-state index in [4.69, 9.17) is 14.9 Å². The van der Waals surface area contributed by atoms with Crippen LogP contribution in [0.25, 0.3) is 22.3 Å². The van der Waals surface area contributed by atoms with Gasteiger partial charge in [-0.05, 0) is 47.7 Å². The van der Waals surface area contributed by atoms with Crippen LogP contribution in [-0.4, -0.2) is 18.8 Å². The zero-order valence-corrected chi connectivity index (χ0v) is 15.1. The first-order valence-corrected chi connectivity index (χ1v) is 8.82. The van der Waals surface area contributed by atoms with Gasteiger partial charge in [0.1, 0.15) is 5.49 Å². The normalized spacial score (nSPS) is 12.7. The van der Waals surface area contributed by atoms with Crippen molar-refractivity contribution in [1.29, 1.82) is 5.41 Å². The number of aryl methyl sites for hydroxylation is 1. The number of fused-ring (bicyclic) bond motifs is 1. The van der Waals surface area contributed by atoms with Gasteiger partial charge in [-0.3, -0.25) is 5.41 Å². The molecule has 4 rings (SSSR count). The number of ether oxygens (including phenoxy) is 2. The third-order valence-corrected chi connectivity index (χ3v) is 5.01. The van der Waals surface area contributed by atoms with E-state index in [0.717, 1.165) is 41.6 Å². The molecule has 0 radical (unpaired) electrons. The molecule has 0 unspecified atom stereocenters. The van der Waals surface area contributed by atoms with Crippen molar-refractivity contribution in [2.24, 2.45) is 0 Å². The zero-order chi connectivity index (χ0) is 18.1. The zero-order valence-electron chi connectivity index (χ0n) is 15.1. The molecule has 0 saturated carbocycles. The summed E-state index contributed by atoms with van der Waals surface area (Å²) in [4.78, 5) is 0. The quantitative estimate of drug-likeness (QED) is 0.767. The molecule has 2 aromatic carbocycles. The number of nitrogens with zero attached hydrogens (tertiary/aromatic N) is 1. The van der Waals surface area contributed by atoms with Crippen molar-refractivity contribution in [1.82, 2.24) is 4.57 Å². The summed E-state index contributed by atoms with van der Waals surface area (Å²) < 4.78 is 13.0. The molecule has 1 aliphatic heterocycles. The number of hydrogen-bond acceptors (Lipinski definition) is 3. The van der Waals surface area contributed by atoms with E-state index in [1.54, 1.807) is 14.2 Å². The molecular weight excluding hydrogens is 324 g/mol. The number of pyridine rings is 1. The van der Waals surface area contributed by atoms with Crippen molar-refractivity contribution in [2.45, 2.75) is 19.4 Å². The highest BCUT2D eigenvalue weighted by Gasteiger charge is 2.19. The van der Waals surface area contributed by atoms with Crippen LogP contribution in [0.3, 0.4) is 0 Å². The van der Waals surface area contributed by atoms with E-state index in [1.165, 1.54) is 5.69 Å². The van der Waals surface area contributed by atoms with Crippen LogP contribution in [0.5, 0.6) is 11.5 Å². The summed E-state index contributed by atoms with van der Waals surface area (Å²) >= 11 is 0. The molecule has 2 heterocycles. The molecule has 132 valence electrons. The van der Waals surface area contributed by atoms with Crippen LogP contribution in [0, 0.1) is 5.41 Å². The molecule has 0 fully saturated rings. The Labute approximate surface area is 153 Å². The summed E-state index contributed by atoms with van der Waals surface area (Å²) in [5, 5.41) is 8.84. The lowest BCUT2D eigenvalue weighted by Gasteiger charge is -2.17. The molecule has 3 aromatic rings. The van der Waals surface area contributed by atoms with Crippen LogP contribution in [0.4, 0.5) is 0 Å². The predicted octanol–water partition coefficient (Wildman–Crippen LogP) is 4.26. The van der Waals surface area contributed by atoms with Crippen molar-refractivity contribution in [3.8, 4) is 33.8 Å². The van der Waals surface area contributed by atoms with Gasteiger partial charge in [-0.25, -0.2) is 0 Å². The molecule has 1 aromatic heterocycles. The molecule has 1 aliphatic rings. The average molecular weight is 346 g/mol. The van der Waals surface area contributed by atoms with E-state index in [1.807, 2.05) is 36.4 Å². The monoisotopic (exact) mass is 346 g/mol. The third kappa shape index (κ3) is 2.68. The van der Waals surface area contributed by atoms with Gasteiger partial charge in [0.2, 0.25) is 0 Å². The first-order chi connectivity index (χ1) is 12.7. The SMILES string of the molecule is COc1ccc(-c2cc3n(c(=N)c2-c2ccccc2)CCC3)cc1OC. The Bertz CT molecular complexity index is 1010. The minimum atomic E-state index is 0.580. The summed E-state index contributed by atoms with van der Waals surface area (Å²) in [7, 11) is 3.29. The number of nitrogens with one attached hydrogen (secondary N) is 1. The van der Waals surface area contributed by atoms with E-state index >= 15 is 0 Å². The van der Waals surface area contributed by atoms with Crippen LogP contribution < -0.4 is 15.0 Å². The summed E-state index contributed by atoms with van der Waals surface area (Å²) in [5.41, 5.74) is 5.92. The maximum atomic E-state index is 8.84. The van der Waals surface area contributed by atoms with Crippen molar-refractivity contribution >= 4 is 0 Å². The Hall–Kier alpha value is -3.01. The lowest BCUT2D eigenvalue weighted by molar-refractivity contribution is 0.355. The van der Waals surface area contributed by atoms with Gasteiger partial charge in [0.15, 0.2) is 11.5 Å². The summed E-state index contributed by atoms with van der Waals surface area (Å²) in [6, 6.07) is 18.4. The molecular formula is C22H22N2O2. The molecule has 4 nitrogen and oxygen atoms in total. The first-order valence-electron chi connectivity index (χ1n) is 8.82. The second kappa shape index (κ2) is 6.71.